The number of anilines is 2. The molecular formula is C50H33N3O2. The summed E-state index contributed by atoms with van der Waals surface area (Å²) in [6.07, 6.45) is 7.19. The highest BCUT2D eigenvalue weighted by atomic mass is 16.4. The molecule has 260 valence electrons. The van der Waals surface area contributed by atoms with Crippen LogP contribution in [0.3, 0.4) is 0 Å². The van der Waals surface area contributed by atoms with Gasteiger partial charge in [0.1, 0.15) is 16.9 Å². The molecule has 3 aromatic heterocycles. The Kier molecular flexibility index (Phi) is 7.17. The van der Waals surface area contributed by atoms with Crippen molar-refractivity contribution in [3.05, 3.63) is 199 Å². The van der Waals surface area contributed by atoms with E-state index in [4.69, 9.17) is 13.8 Å². The molecule has 0 amide bonds. The molecule has 55 heavy (non-hydrogen) atoms. The molecule has 0 saturated heterocycles. The SMILES string of the molecule is C1=CCc2oc3cc4nc(-c5ccccc5)oc4cc3c2C(N(c2ccc3c4ccccc4n(-c4ccccc4)c3c2)c2ccccc2-c2ccccc2)=C1. The van der Waals surface area contributed by atoms with Gasteiger partial charge < -0.3 is 18.3 Å². The molecule has 1 aliphatic rings. The van der Waals surface area contributed by atoms with E-state index < -0.39 is 0 Å². The lowest BCUT2D eigenvalue weighted by molar-refractivity contribution is 0.564. The third kappa shape index (κ3) is 5.12. The molecule has 3 heterocycles. The Morgan fingerprint density at radius 3 is 2.11 bits per heavy atom. The Morgan fingerprint density at radius 1 is 0.564 bits per heavy atom. The van der Waals surface area contributed by atoms with Crippen molar-refractivity contribution in [3.63, 3.8) is 0 Å². The van der Waals surface area contributed by atoms with Crippen LogP contribution in [0.1, 0.15) is 11.3 Å². The maximum Gasteiger partial charge on any atom is 0.227 e. The van der Waals surface area contributed by atoms with Gasteiger partial charge in [-0.3, -0.25) is 0 Å². The summed E-state index contributed by atoms with van der Waals surface area (Å²) in [5.41, 5.74) is 13.0. The molecule has 7 aromatic carbocycles. The quantitative estimate of drug-likeness (QED) is 0.173. The zero-order valence-corrected chi connectivity index (χ0v) is 29.8. The van der Waals surface area contributed by atoms with Gasteiger partial charge in [-0.15, -0.1) is 0 Å². The predicted molar refractivity (Wildman–Crippen MR) is 225 cm³/mol. The summed E-state index contributed by atoms with van der Waals surface area (Å²) < 4.78 is 15.5. The maximum absolute atomic E-state index is 6.74. The molecule has 0 bridgehead atoms. The summed E-state index contributed by atoms with van der Waals surface area (Å²) in [4.78, 5) is 7.27. The fourth-order valence-electron chi connectivity index (χ4n) is 8.19. The summed E-state index contributed by atoms with van der Waals surface area (Å²) in [6.45, 7) is 0. The van der Waals surface area contributed by atoms with Crippen LogP contribution in [0.15, 0.2) is 197 Å². The fraction of sp³-hybridized carbons (Fsp3) is 0.0200. The minimum atomic E-state index is 0.590. The van der Waals surface area contributed by atoms with Crippen LogP contribution in [0, 0.1) is 0 Å². The van der Waals surface area contributed by atoms with Gasteiger partial charge >= 0.3 is 0 Å². The highest BCUT2D eigenvalue weighted by Crippen LogP contribution is 2.46. The Morgan fingerprint density at radius 2 is 1.27 bits per heavy atom. The second-order valence-electron chi connectivity index (χ2n) is 13.9. The number of hydrogen-bond acceptors (Lipinski definition) is 4. The summed E-state index contributed by atoms with van der Waals surface area (Å²) in [5.74, 6) is 1.49. The van der Waals surface area contributed by atoms with Gasteiger partial charge in [0.05, 0.1) is 22.4 Å². The smallest absolute Gasteiger partial charge is 0.227 e. The molecule has 5 heteroatoms. The Labute approximate surface area is 317 Å². The second kappa shape index (κ2) is 12.6. The van der Waals surface area contributed by atoms with Crippen LogP contribution in [0.25, 0.3) is 77.8 Å². The van der Waals surface area contributed by atoms with Gasteiger partial charge in [0.2, 0.25) is 5.89 Å². The van der Waals surface area contributed by atoms with Crippen molar-refractivity contribution < 1.29 is 8.83 Å². The maximum atomic E-state index is 6.74. The van der Waals surface area contributed by atoms with Crippen LogP contribution in [0.5, 0.6) is 0 Å². The zero-order chi connectivity index (χ0) is 36.3. The van der Waals surface area contributed by atoms with Crippen LogP contribution in [-0.2, 0) is 6.42 Å². The molecule has 0 spiro atoms. The zero-order valence-electron chi connectivity index (χ0n) is 29.8. The average Bonchev–Trinajstić information content (AvgIpc) is 3.88. The number of rotatable bonds is 6. The second-order valence-corrected chi connectivity index (χ2v) is 13.9. The number of nitrogens with zero attached hydrogens (tertiary/aromatic N) is 3. The van der Waals surface area contributed by atoms with Crippen molar-refractivity contribution in [1.29, 1.82) is 0 Å². The molecule has 11 rings (SSSR count). The molecule has 1 aliphatic carbocycles. The van der Waals surface area contributed by atoms with E-state index in [0.717, 1.165) is 78.4 Å². The molecule has 0 aliphatic heterocycles. The topological polar surface area (TPSA) is 47.3 Å². The van der Waals surface area contributed by atoms with E-state index in [-0.39, 0.29) is 0 Å². The number of para-hydroxylation sites is 3. The minimum Gasteiger partial charge on any atom is -0.460 e. The molecular weight excluding hydrogens is 675 g/mol. The average molecular weight is 708 g/mol. The Hall–Kier alpha value is -7.37. The number of furan rings is 1. The van der Waals surface area contributed by atoms with Crippen LogP contribution in [0.4, 0.5) is 11.4 Å². The third-order valence-corrected chi connectivity index (χ3v) is 10.6. The predicted octanol–water partition coefficient (Wildman–Crippen LogP) is 13.3. The number of allylic oxidation sites excluding steroid dienone is 3. The van der Waals surface area contributed by atoms with E-state index in [1.54, 1.807) is 0 Å². The van der Waals surface area contributed by atoms with Crippen molar-refractivity contribution >= 4 is 60.9 Å². The van der Waals surface area contributed by atoms with E-state index in [0.29, 0.717) is 12.3 Å². The van der Waals surface area contributed by atoms with Crippen LogP contribution >= 0.6 is 0 Å². The van der Waals surface area contributed by atoms with E-state index >= 15 is 0 Å². The first-order chi connectivity index (χ1) is 27.3. The Balaban J connectivity index is 1.18. The molecule has 10 aromatic rings. The minimum absolute atomic E-state index is 0.590. The molecule has 0 atom stereocenters. The monoisotopic (exact) mass is 707 g/mol. The van der Waals surface area contributed by atoms with Gasteiger partial charge in [-0.2, -0.15) is 0 Å². The first-order valence-electron chi connectivity index (χ1n) is 18.6. The lowest BCUT2D eigenvalue weighted by atomic mass is 9.99. The lowest BCUT2D eigenvalue weighted by Crippen LogP contribution is -2.17. The molecule has 0 radical (unpaired) electrons. The van der Waals surface area contributed by atoms with Crippen LogP contribution in [0.2, 0.25) is 0 Å². The summed E-state index contributed by atoms with van der Waals surface area (Å²) in [7, 11) is 0. The summed E-state index contributed by atoms with van der Waals surface area (Å²) in [6, 6.07) is 59.6. The van der Waals surface area contributed by atoms with Crippen LogP contribution < -0.4 is 4.90 Å². The van der Waals surface area contributed by atoms with Gasteiger partial charge in [-0.25, -0.2) is 4.98 Å². The van der Waals surface area contributed by atoms with E-state index in [2.05, 4.69) is 161 Å². The highest BCUT2D eigenvalue weighted by molar-refractivity contribution is 6.12. The summed E-state index contributed by atoms with van der Waals surface area (Å²) >= 11 is 0. The van der Waals surface area contributed by atoms with Crippen molar-refractivity contribution in [2.75, 3.05) is 4.90 Å². The van der Waals surface area contributed by atoms with E-state index in [1.165, 1.54) is 16.3 Å². The first-order valence-corrected chi connectivity index (χ1v) is 18.6. The number of aromatic nitrogens is 2. The highest BCUT2D eigenvalue weighted by Gasteiger charge is 2.28. The molecule has 0 N–H and O–H groups in total. The third-order valence-electron chi connectivity index (χ3n) is 10.6. The van der Waals surface area contributed by atoms with E-state index in [1.807, 2.05) is 36.4 Å². The number of benzene rings is 7. The van der Waals surface area contributed by atoms with Gasteiger partial charge in [0.15, 0.2) is 5.58 Å². The van der Waals surface area contributed by atoms with Crippen molar-refractivity contribution in [2.45, 2.75) is 6.42 Å². The van der Waals surface area contributed by atoms with Crippen molar-refractivity contribution in [1.82, 2.24) is 9.55 Å². The molecule has 0 fully saturated rings. The van der Waals surface area contributed by atoms with Gasteiger partial charge in [0, 0.05) is 56.7 Å². The van der Waals surface area contributed by atoms with Crippen molar-refractivity contribution in [2.24, 2.45) is 0 Å². The van der Waals surface area contributed by atoms with Crippen LogP contribution in [-0.4, -0.2) is 9.55 Å². The molecule has 5 nitrogen and oxygen atoms in total. The van der Waals surface area contributed by atoms with Crippen molar-refractivity contribution in [3.8, 4) is 28.3 Å². The number of fused-ring (bicyclic) bond motifs is 7. The van der Waals surface area contributed by atoms with Gasteiger partial charge in [-0.05, 0) is 66.2 Å². The molecule has 0 saturated carbocycles. The van der Waals surface area contributed by atoms with Gasteiger partial charge in [0.25, 0.3) is 0 Å². The van der Waals surface area contributed by atoms with Gasteiger partial charge in [-0.1, -0.05) is 121 Å². The van der Waals surface area contributed by atoms with E-state index in [9.17, 15) is 0 Å². The number of oxazole rings is 1. The molecule has 0 unspecified atom stereocenters. The summed E-state index contributed by atoms with van der Waals surface area (Å²) in [5, 5.41) is 3.40. The first kappa shape index (κ1) is 31.2. The lowest BCUT2D eigenvalue weighted by Gasteiger charge is -2.30. The Bertz CT molecular complexity index is 3110. The fourth-order valence-corrected chi connectivity index (χ4v) is 8.19. The number of hydrogen-bond donors (Lipinski definition) is 0. The largest absolute Gasteiger partial charge is 0.460 e. The standard InChI is InChI=1S/C50H33N3O2/c1-4-16-33(17-5-1)37-22-10-12-24-42(37)53(36-28-29-39-38-23-11-13-25-43(38)52(45(39)30-36)35-20-8-3-9-21-35)44-26-14-15-27-46-49(44)40-31-48-41(32-47(40)54-46)51-50(55-48)34-18-6-2-7-19-34/h1-26,28-32H,27H2. The normalized spacial score (nSPS) is 12.7.